The number of rotatable bonds is 7. The number of carbonyl (C=O) groups excluding carboxylic acids is 1. The van der Waals surface area contributed by atoms with Crippen LogP contribution >= 0.6 is 0 Å². The third-order valence-electron chi connectivity index (χ3n) is 2.96. The van der Waals surface area contributed by atoms with E-state index in [1.165, 1.54) is 6.92 Å². The second-order valence-electron chi connectivity index (χ2n) is 5.00. The van der Waals surface area contributed by atoms with E-state index in [1.54, 1.807) is 0 Å². The molecule has 0 heterocycles. The van der Waals surface area contributed by atoms with E-state index in [0.29, 0.717) is 0 Å². The average molecular weight is 316 g/mol. The number of benzene rings is 1. The SMILES string of the molecule is CCC[C@H](C)NC(=O)[C@H](C)NS(=O)(=O)c1ccc(F)cc1. The third kappa shape index (κ3) is 5.43. The Morgan fingerprint density at radius 3 is 2.33 bits per heavy atom. The Balaban J connectivity index is 2.70. The molecule has 0 aliphatic rings. The van der Waals surface area contributed by atoms with Gasteiger partial charge in [-0.2, -0.15) is 4.72 Å². The van der Waals surface area contributed by atoms with Crippen molar-refractivity contribution in [1.82, 2.24) is 10.0 Å². The molecule has 118 valence electrons. The van der Waals surface area contributed by atoms with Crippen LogP contribution in [0.3, 0.4) is 0 Å². The van der Waals surface area contributed by atoms with E-state index in [2.05, 4.69) is 10.0 Å². The van der Waals surface area contributed by atoms with Gasteiger partial charge in [0.05, 0.1) is 10.9 Å². The van der Waals surface area contributed by atoms with Crippen LogP contribution in [0.15, 0.2) is 29.2 Å². The zero-order chi connectivity index (χ0) is 16.0. The normalized spacial score (nSPS) is 14.5. The average Bonchev–Trinajstić information content (AvgIpc) is 2.38. The number of hydrogen-bond donors (Lipinski definition) is 2. The van der Waals surface area contributed by atoms with Crippen molar-refractivity contribution < 1.29 is 17.6 Å². The fraction of sp³-hybridized carbons (Fsp3) is 0.500. The lowest BCUT2D eigenvalue weighted by Gasteiger charge is -2.18. The van der Waals surface area contributed by atoms with Gasteiger partial charge in [0.1, 0.15) is 5.82 Å². The van der Waals surface area contributed by atoms with Crippen LogP contribution in [0.4, 0.5) is 4.39 Å². The molecule has 0 radical (unpaired) electrons. The van der Waals surface area contributed by atoms with Crippen LogP contribution in [0.25, 0.3) is 0 Å². The van der Waals surface area contributed by atoms with Gasteiger partial charge >= 0.3 is 0 Å². The number of amides is 1. The molecule has 1 amide bonds. The summed E-state index contributed by atoms with van der Waals surface area (Å²) in [6.45, 7) is 5.33. The maximum atomic E-state index is 12.8. The summed E-state index contributed by atoms with van der Waals surface area (Å²) in [6.07, 6.45) is 1.75. The van der Waals surface area contributed by atoms with E-state index in [-0.39, 0.29) is 16.8 Å². The highest BCUT2D eigenvalue weighted by atomic mass is 32.2. The molecule has 21 heavy (non-hydrogen) atoms. The highest BCUT2D eigenvalue weighted by molar-refractivity contribution is 7.89. The van der Waals surface area contributed by atoms with Gasteiger partial charge in [-0.05, 0) is 44.5 Å². The van der Waals surface area contributed by atoms with Gasteiger partial charge in [0.25, 0.3) is 0 Å². The summed E-state index contributed by atoms with van der Waals surface area (Å²) in [6, 6.07) is 3.51. The molecule has 0 fully saturated rings. The van der Waals surface area contributed by atoms with E-state index in [0.717, 1.165) is 37.1 Å². The van der Waals surface area contributed by atoms with Crippen LogP contribution in [0.1, 0.15) is 33.6 Å². The highest BCUT2D eigenvalue weighted by Crippen LogP contribution is 2.10. The van der Waals surface area contributed by atoms with Crippen molar-refractivity contribution >= 4 is 15.9 Å². The summed E-state index contributed by atoms with van der Waals surface area (Å²) in [7, 11) is -3.85. The number of carbonyl (C=O) groups is 1. The maximum absolute atomic E-state index is 12.8. The van der Waals surface area contributed by atoms with Crippen LogP contribution in [-0.2, 0) is 14.8 Å². The molecule has 1 aromatic carbocycles. The summed E-state index contributed by atoms with van der Waals surface area (Å²) in [5.74, 6) is -0.908. The van der Waals surface area contributed by atoms with Gasteiger partial charge in [-0.25, -0.2) is 12.8 Å². The van der Waals surface area contributed by atoms with Gasteiger partial charge in [-0.1, -0.05) is 13.3 Å². The molecule has 0 spiro atoms. The van der Waals surface area contributed by atoms with Gasteiger partial charge in [-0.15, -0.1) is 0 Å². The predicted molar refractivity (Wildman–Crippen MR) is 78.7 cm³/mol. The quantitative estimate of drug-likeness (QED) is 0.805. The third-order valence-corrected chi connectivity index (χ3v) is 4.52. The summed E-state index contributed by atoms with van der Waals surface area (Å²) in [5.41, 5.74) is 0. The Morgan fingerprint density at radius 2 is 1.81 bits per heavy atom. The minimum atomic E-state index is -3.85. The predicted octanol–water partition coefficient (Wildman–Crippen LogP) is 1.80. The second kappa shape index (κ2) is 7.51. The standard InChI is InChI=1S/C14H21FN2O3S/c1-4-5-10(2)16-14(18)11(3)17-21(19,20)13-8-6-12(15)7-9-13/h6-11,17H,4-5H2,1-3H3,(H,16,18)/t10-,11-/m0/s1. The van der Waals surface area contributed by atoms with Crippen molar-refractivity contribution in [2.75, 3.05) is 0 Å². The smallest absolute Gasteiger partial charge is 0.241 e. The van der Waals surface area contributed by atoms with Crippen molar-refractivity contribution in [3.8, 4) is 0 Å². The first-order chi connectivity index (χ1) is 9.76. The molecule has 1 rings (SSSR count). The maximum Gasteiger partial charge on any atom is 0.241 e. The molecule has 2 N–H and O–H groups in total. The van der Waals surface area contributed by atoms with Crippen LogP contribution in [0.5, 0.6) is 0 Å². The molecule has 1 aromatic rings. The Labute approximate surface area is 125 Å². The summed E-state index contributed by atoms with van der Waals surface area (Å²) >= 11 is 0. The van der Waals surface area contributed by atoms with E-state index < -0.39 is 21.9 Å². The Morgan fingerprint density at radius 1 is 1.24 bits per heavy atom. The molecule has 0 saturated heterocycles. The number of nitrogens with one attached hydrogen (secondary N) is 2. The molecule has 0 aliphatic heterocycles. The van der Waals surface area contributed by atoms with E-state index in [1.807, 2.05) is 13.8 Å². The zero-order valence-corrected chi connectivity index (χ0v) is 13.2. The van der Waals surface area contributed by atoms with Gasteiger partial charge < -0.3 is 5.32 Å². The molecule has 0 saturated carbocycles. The Kier molecular flexibility index (Phi) is 6.29. The van der Waals surface area contributed by atoms with Gasteiger partial charge in [0, 0.05) is 6.04 Å². The van der Waals surface area contributed by atoms with Crippen LogP contribution in [0.2, 0.25) is 0 Å². The monoisotopic (exact) mass is 316 g/mol. The van der Waals surface area contributed by atoms with Crippen LogP contribution < -0.4 is 10.0 Å². The molecule has 7 heteroatoms. The topological polar surface area (TPSA) is 75.3 Å². The molecule has 0 bridgehead atoms. The lowest BCUT2D eigenvalue weighted by Crippen LogP contribution is -2.47. The van der Waals surface area contributed by atoms with Crippen LogP contribution in [-0.4, -0.2) is 26.4 Å². The molecule has 0 aliphatic carbocycles. The van der Waals surface area contributed by atoms with Gasteiger partial charge in [0.2, 0.25) is 15.9 Å². The van der Waals surface area contributed by atoms with Crippen molar-refractivity contribution in [1.29, 1.82) is 0 Å². The lowest BCUT2D eigenvalue weighted by atomic mass is 10.2. The molecule has 2 atom stereocenters. The largest absolute Gasteiger partial charge is 0.352 e. The van der Waals surface area contributed by atoms with Crippen LogP contribution in [0, 0.1) is 5.82 Å². The summed E-state index contributed by atoms with van der Waals surface area (Å²) in [5, 5.41) is 2.74. The first kappa shape index (κ1) is 17.6. The first-order valence-corrected chi connectivity index (χ1v) is 8.33. The van der Waals surface area contributed by atoms with E-state index in [9.17, 15) is 17.6 Å². The van der Waals surface area contributed by atoms with Crippen molar-refractivity contribution in [2.24, 2.45) is 0 Å². The van der Waals surface area contributed by atoms with E-state index in [4.69, 9.17) is 0 Å². The first-order valence-electron chi connectivity index (χ1n) is 6.84. The number of hydrogen-bond acceptors (Lipinski definition) is 3. The fourth-order valence-corrected chi connectivity index (χ4v) is 3.04. The number of sulfonamides is 1. The van der Waals surface area contributed by atoms with Crippen molar-refractivity contribution in [2.45, 2.75) is 50.6 Å². The zero-order valence-electron chi connectivity index (χ0n) is 12.4. The molecular formula is C14H21FN2O3S. The van der Waals surface area contributed by atoms with Crippen molar-refractivity contribution in [3.63, 3.8) is 0 Å². The van der Waals surface area contributed by atoms with Crippen molar-refractivity contribution in [3.05, 3.63) is 30.1 Å². The highest BCUT2D eigenvalue weighted by Gasteiger charge is 2.22. The van der Waals surface area contributed by atoms with Gasteiger partial charge in [-0.3, -0.25) is 4.79 Å². The number of halogens is 1. The minimum Gasteiger partial charge on any atom is -0.352 e. The minimum absolute atomic E-state index is 0.0136. The molecule has 0 aromatic heterocycles. The second-order valence-corrected chi connectivity index (χ2v) is 6.71. The summed E-state index contributed by atoms with van der Waals surface area (Å²) in [4.78, 5) is 11.8. The Hall–Kier alpha value is -1.47. The summed E-state index contributed by atoms with van der Waals surface area (Å²) < 4.78 is 39.2. The fourth-order valence-electron chi connectivity index (χ4n) is 1.84. The van der Waals surface area contributed by atoms with Gasteiger partial charge in [0.15, 0.2) is 0 Å². The lowest BCUT2D eigenvalue weighted by molar-refractivity contribution is -0.123. The Bertz CT molecular complexity index is 572. The molecule has 5 nitrogen and oxygen atoms in total. The molecular weight excluding hydrogens is 295 g/mol. The van der Waals surface area contributed by atoms with E-state index >= 15 is 0 Å². The molecule has 0 unspecified atom stereocenters.